The quantitative estimate of drug-likeness (QED) is 0.629. The summed E-state index contributed by atoms with van der Waals surface area (Å²) in [5.74, 6) is 0. The molecule has 2 heteroatoms. The summed E-state index contributed by atoms with van der Waals surface area (Å²) in [4.78, 5) is 0. The Balaban J connectivity index is 2.20. The van der Waals surface area contributed by atoms with Crippen LogP contribution in [0.25, 0.3) is 16.5 Å². The first kappa shape index (κ1) is 9.53. The van der Waals surface area contributed by atoms with Gasteiger partial charge in [0.2, 0.25) is 7.98 Å². The maximum absolute atomic E-state index is 6.12. The van der Waals surface area contributed by atoms with Gasteiger partial charge in [-0.25, -0.2) is 0 Å². The van der Waals surface area contributed by atoms with E-state index in [0.29, 0.717) is 0 Å². The molecule has 1 aromatic heterocycles. The summed E-state index contributed by atoms with van der Waals surface area (Å²) in [5.41, 5.74) is 3.54. The summed E-state index contributed by atoms with van der Waals surface area (Å²) >= 11 is 0. The molecule has 0 bridgehead atoms. The highest BCUT2D eigenvalue weighted by atomic mass is 14.9. The number of benzene rings is 1. The molecule has 76 valence electrons. The topological polar surface area (TPSA) is 4.93 Å². The van der Waals surface area contributed by atoms with E-state index in [2.05, 4.69) is 36.4 Å². The number of aromatic nitrogens is 1. The van der Waals surface area contributed by atoms with Crippen LogP contribution in [0.3, 0.4) is 0 Å². The van der Waals surface area contributed by atoms with Crippen LogP contribution in [0, 0.1) is 0 Å². The molecule has 16 heavy (non-hydrogen) atoms. The first-order valence-electron chi connectivity index (χ1n) is 5.58. The molecule has 0 aliphatic heterocycles. The van der Waals surface area contributed by atoms with E-state index in [1.807, 2.05) is 12.1 Å². The second-order valence-electron chi connectivity index (χ2n) is 4.12. The van der Waals surface area contributed by atoms with Gasteiger partial charge < -0.3 is 4.48 Å². The summed E-state index contributed by atoms with van der Waals surface area (Å²) in [6.45, 7) is 0. The maximum atomic E-state index is 6.12. The van der Waals surface area contributed by atoms with Gasteiger partial charge in [-0.15, -0.1) is 0 Å². The summed E-state index contributed by atoms with van der Waals surface area (Å²) in [5, 5.41) is 1.20. The van der Waals surface area contributed by atoms with E-state index in [9.17, 15) is 0 Å². The number of nitrogens with zero attached hydrogens (tertiary/aromatic N) is 1. The fourth-order valence-corrected chi connectivity index (χ4v) is 2.24. The number of para-hydroxylation sites is 1. The van der Waals surface area contributed by atoms with E-state index < -0.39 is 0 Å². The lowest BCUT2D eigenvalue weighted by Gasteiger charge is -2.10. The van der Waals surface area contributed by atoms with Crippen molar-refractivity contribution in [2.45, 2.75) is 12.8 Å². The van der Waals surface area contributed by atoms with Gasteiger partial charge in [0.25, 0.3) is 0 Å². The molecule has 1 aliphatic rings. The largest absolute Gasteiger partial charge is 0.397 e. The number of allylic oxidation sites excluding steroid dienone is 4. The Hall–Kier alpha value is -1.70. The fourth-order valence-electron chi connectivity index (χ4n) is 2.24. The van der Waals surface area contributed by atoms with Gasteiger partial charge in [0.05, 0.1) is 0 Å². The predicted molar refractivity (Wildman–Crippen MR) is 69.4 cm³/mol. The average Bonchev–Trinajstić information content (AvgIpc) is 2.69. The van der Waals surface area contributed by atoms with Gasteiger partial charge >= 0.3 is 0 Å². The number of fused-ring (bicyclic) bond motifs is 1. The van der Waals surface area contributed by atoms with Crippen molar-refractivity contribution >= 4 is 24.5 Å². The molecule has 1 heterocycles. The molecule has 1 nitrogen and oxygen atoms in total. The molecule has 0 saturated carbocycles. The van der Waals surface area contributed by atoms with Crippen molar-refractivity contribution in [2.75, 3.05) is 0 Å². The van der Waals surface area contributed by atoms with Crippen molar-refractivity contribution in [1.29, 1.82) is 0 Å². The molecule has 1 aliphatic carbocycles. The van der Waals surface area contributed by atoms with Crippen molar-refractivity contribution in [1.82, 2.24) is 4.48 Å². The van der Waals surface area contributed by atoms with Crippen molar-refractivity contribution in [3.63, 3.8) is 0 Å². The van der Waals surface area contributed by atoms with Gasteiger partial charge in [-0.05, 0) is 35.9 Å². The Kier molecular flexibility index (Phi) is 2.21. The lowest BCUT2D eigenvalue weighted by atomic mass is 10.0. The zero-order valence-electron chi connectivity index (χ0n) is 9.06. The van der Waals surface area contributed by atoms with Gasteiger partial charge in [0.1, 0.15) is 0 Å². The summed E-state index contributed by atoms with van der Waals surface area (Å²) < 4.78 is 1.79. The number of hydrogen-bond acceptors (Lipinski definition) is 0. The van der Waals surface area contributed by atoms with Crippen LogP contribution in [0.15, 0.2) is 48.6 Å². The Morgan fingerprint density at radius 2 is 2.06 bits per heavy atom. The maximum Gasteiger partial charge on any atom is 0.234 e. The van der Waals surface area contributed by atoms with Crippen molar-refractivity contribution in [2.24, 2.45) is 0 Å². The molecular weight excluding hydrogens is 193 g/mol. The van der Waals surface area contributed by atoms with Crippen molar-refractivity contribution < 1.29 is 0 Å². The Bertz CT molecular complexity index is 590. The van der Waals surface area contributed by atoms with E-state index in [1.54, 1.807) is 4.48 Å². The minimum atomic E-state index is 1.07. The molecule has 2 aromatic rings. The third-order valence-corrected chi connectivity index (χ3v) is 3.09. The smallest absolute Gasteiger partial charge is 0.234 e. The number of rotatable bonds is 1. The van der Waals surface area contributed by atoms with Crippen LogP contribution in [-0.4, -0.2) is 12.5 Å². The molecule has 0 saturated heterocycles. The lowest BCUT2D eigenvalue weighted by Crippen LogP contribution is -1.98. The lowest BCUT2D eigenvalue weighted by molar-refractivity contribution is 1.04. The third-order valence-electron chi connectivity index (χ3n) is 3.09. The minimum Gasteiger partial charge on any atom is -0.397 e. The van der Waals surface area contributed by atoms with Crippen LogP contribution in [0.2, 0.25) is 0 Å². The van der Waals surface area contributed by atoms with E-state index in [1.165, 1.54) is 11.0 Å². The van der Waals surface area contributed by atoms with Crippen LogP contribution < -0.4 is 0 Å². The molecule has 0 atom stereocenters. The van der Waals surface area contributed by atoms with Gasteiger partial charge in [0.15, 0.2) is 0 Å². The molecular formula is C14H12BN. The standard InChI is InChI=1S/C14H12BN/c15-16-13-9-5-4-8-12(13)10-14(16)11-6-2-1-3-7-11/h1-2,4-6,8-10H,3,7H2. The van der Waals surface area contributed by atoms with Crippen LogP contribution in [0.4, 0.5) is 0 Å². The van der Waals surface area contributed by atoms with Crippen LogP contribution >= 0.6 is 0 Å². The minimum absolute atomic E-state index is 1.07. The fraction of sp³-hybridized carbons (Fsp3) is 0.143. The monoisotopic (exact) mass is 205 g/mol. The van der Waals surface area contributed by atoms with E-state index in [0.717, 1.165) is 24.1 Å². The van der Waals surface area contributed by atoms with Gasteiger partial charge in [-0.1, -0.05) is 36.4 Å². The van der Waals surface area contributed by atoms with Gasteiger partial charge in [-0.2, -0.15) is 0 Å². The highest BCUT2D eigenvalue weighted by Crippen LogP contribution is 2.28. The summed E-state index contributed by atoms with van der Waals surface area (Å²) in [6.07, 6.45) is 8.63. The van der Waals surface area contributed by atoms with E-state index in [4.69, 9.17) is 7.98 Å². The molecule has 0 N–H and O–H groups in total. The van der Waals surface area contributed by atoms with Gasteiger partial charge in [0, 0.05) is 11.2 Å². The van der Waals surface area contributed by atoms with Crippen LogP contribution in [0.5, 0.6) is 0 Å². The molecule has 0 spiro atoms. The average molecular weight is 205 g/mol. The SMILES string of the molecule is [B]n1c(C2=CC=CCC2)cc2ccccc21. The van der Waals surface area contributed by atoms with Crippen LogP contribution in [0.1, 0.15) is 18.5 Å². The van der Waals surface area contributed by atoms with E-state index >= 15 is 0 Å². The molecule has 0 amide bonds. The number of hydrogen-bond donors (Lipinski definition) is 0. The van der Waals surface area contributed by atoms with Crippen molar-refractivity contribution in [3.8, 4) is 0 Å². The van der Waals surface area contributed by atoms with E-state index in [-0.39, 0.29) is 0 Å². The zero-order valence-corrected chi connectivity index (χ0v) is 9.06. The first-order chi connectivity index (χ1) is 7.86. The second-order valence-corrected chi connectivity index (χ2v) is 4.12. The van der Waals surface area contributed by atoms with Gasteiger partial charge in [-0.3, -0.25) is 0 Å². The molecule has 0 fully saturated rings. The van der Waals surface area contributed by atoms with Crippen molar-refractivity contribution in [3.05, 3.63) is 54.3 Å². The highest BCUT2D eigenvalue weighted by Gasteiger charge is 2.09. The Morgan fingerprint density at radius 3 is 2.81 bits per heavy atom. The van der Waals surface area contributed by atoms with Crippen LogP contribution in [-0.2, 0) is 0 Å². The zero-order chi connectivity index (χ0) is 11.0. The normalized spacial score (nSPS) is 15.4. The summed E-state index contributed by atoms with van der Waals surface area (Å²) in [7, 11) is 6.12. The molecule has 2 radical (unpaired) electrons. The molecule has 0 unspecified atom stereocenters. The summed E-state index contributed by atoms with van der Waals surface area (Å²) in [6, 6.07) is 10.4. The predicted octanol–water partition coefficient (Wildman–Crippen LogP) is 3.31. The molecule has 3 rings (SSSR count). The Labute approximate surface area is 96.5 Å². The molecule has 1 aromatic carbocycles. The Morgan fingerprint density at radius 1 is 1.19 bits per heavy atom. The first-order valence-corrected chi connectivity index (χ1v) is 5.58. The second kappa shape index (κ2) is 3.71. The third kappa shape index (κ3) is 1.42. The highest BCUT2D eigenvalue weighted by molar-refractivity contribution is 6.13.